The van der Waals surface area contributed by atoms with E-state index < -0.39 is 5.60 Å². The highest BCUT2D eigenvalue weighted by atomic mass is 16.6. The minimum atomic E-state index is -0.594. The Morgan fingerprint density at radius 1 is 0.970 bits per heavy atom. The zero-order valence-electron chi connectivity index (χ0n) is 20.0. The zero-order valence-corrected chi connectivity index (χ0v) is 20.0. The van der Waals surface area contributed by atoms with Gasteiger partial charge in [0.25, 0.3) is 5.91 Å². The first-order valence-electron chi connectivity index (χ1n) is 12.2. The van der Waals surface area contributed by atoms with Crippen molar-refractivity contribution in [3.8, 4) is 0 Å². The summed E-state index contributed by atoms with van der Waals surface area (Å²) < 4.78 is 5.82. The molecule has 1 aromatic heterocycles. The molecule has 0 bridgehead atoms. The van der Waals surface area contributed by atoms with Gasteiger partial charge in [-0.3, -0.25) is 9.69 Å². The summed E-state index contributed by atoms with van der Waals surface area (Å²) in [6.07, 6.45) is 8.30. The van der Waals surface area contributed by atoms with Crippen LogP contribution in [-0.4, -0.2) is 40.1 Å². The van der Waals surface area contributed by atoms with Gasteiger partial charge in [0.1, 0.15) is 11.4 Å². The lowest BCUT2D eigenvalue weighted by molar-refractivity contribution is 0.0563. The summed E-state index contributed by atoms with van der Waals surface area (Å²) in [6.45, 7) is 6.36. The number of hydrogen-bond acceptors (Lipinski definition) is 4. The monoisotopic (exact) mass is 449 g/mol. The number of hydrogen-bond donors (Lipinski definition) is 0. The van der Waals surface area contributed by atoms with Gasteiger partial charge in [-0.15, -0.1) is 0 Å². The molecule has 33 heavy (non-hydrogen) atoms. The summed E-state index contributed by atoms with van der Waals surface area (Å²) in [5, 5.41) is 0. The number of anilines is 1. The van der Waals surface area contributed by atoms with Gasteiger partial charge < -0.3 is 9.64 Å². The molecule has 0 radical (unpaired) electrons. The van der Waals surface area contributed by atoms with Gasteiger partial charge >= 0.3 is 6.09 Å². The second kappa shape index (κ2) is 9.94. The van der Waals surface area contributed by atoms with Gasteiger partial charge in [0, 0.05) is 29.9 Å². The van der Waals surface area contributed by atoms with Crippen molar-refractivity contribution in [1.82, 2.24) is 9.88 Å². The molecule has 2 aromatic rings. The SMILES string of the molecule is CC(C)(C)OC(=O)N(c1ncccc1C1CCCCN1C(=O)c1ccccc1)C1CCCC1. The second-order valence-electron chi connectivity index (χ2n) is 10.1. The number of rotatable bonds is 4. The van der Waals surface area contributed by atoms with Crippen LogP contribution in [0.3, 0.4) is 0 Å². The number of nitrogens with zero attached hydrogens (tertiary/aromatic N) is 3. The molecule has 1 aliphatic heterocycles. The molecule has 6 nitrogen and oxygen atoms in total. The van der Waals surface area contributed by atoms with E-state index in [0.717, 1.165) is 50.5 Å². The zero-order chi connectivity index (χ0) is 23.4. The van der Waals surface area contributed by atoms with Crippen molar-refractivity contribution in [2.75, 3.05) is 11.4 Å². The smallest absolute Gasteiger partial charge is 0.416 e. The first-order chi connectivity index (χ1) is 15.8. The number of likely N-dealkylation sites (tertiary alicyclic amines) is 1. The molecule has 1 aromatic carbocycles. The number of amides is 2. The molecule has 0 N–H and O–H groups in total. The summed E-state index contributed by atoms with van der Waals surface area (Å²) in [5.41, 5.74) is 1.03. The number of aromatic nitrogens is 1. The number of pyridine rings is 1. The Hall–Kier alpha value is -2.89. The fourth-order valence-electron chi connectivity index (χ4n) is 5.00. The third kappa shape index (κ3) is 5.37. The Bertz CT molecular complexity index is 964. The van der Waals surface area contributed by atoms with E-state index in [0.29, 0.717) is 17.9 Å². The van der Waals surface area contributed by atoms with Crippen LogP contribution in [0.2, 0.25) is 0 Å². The van der Waals surface area contributed by atoms with Crippen molar-refractivity contribution in [2.45, 2.75) is 83.4 Å². The van der Waals surface area contributed by atoms with E-state index in [9.17, 15) is 9.59 Å². The fourth-order valence-corrected chi connectivity index (χ4v) is 5.00. The fraction of sp³-hybridized carbons (Fsp3) is 0.519. The molecule has 2 amide bonds. The highest BCUT2D eigenvalue weighted by Crippen LogP contribution is 2.39. The topological polar surface area (TPSA) is 62.7 Å². The Kier molecular flexibility index (Phi) is 7.01. The maximum absolute atomic E-state index is 13.4. The molecule has 0 spiro atoms. The second-order valence-corrected chi connectivity index (χ2v) is 10.1. The molecule has 1 aliphatic carbocycles. The molecule has 6 heteroatoms. The molecular weight excluding hydrogens is 414 g/mol. The Morgan fingerprint density at radius 3 is 2.36 bits per heavy atom. The number of ether oxygens (including phenoxy) is 1. The molecule has 1 atom stereocenters. The van der Waals surface area contributed by atoms with Crippen molar-refractivity contribution >= 4 is 17.8 Å². The van der Waals surface area contributed by atoms with Crippen LogP contribution >= 0.6 is 0 Å². The summed E-state index contributed by atoms with van der Waals surface area (Å²) in [5.74, 6) is 0.663. The number of piperidine rings is 1. The highest BCUT2D eigenvalue weighted by Gasteiger charge is 2.37. The Labute approximate surface area is 196 Å². The van der Waals surface area contributed by atoms with Gasteiger partial charge in [0.05, 0.1) is 6.04 Å². The van der Waals surface area contributed by atoms with Crippen molar-refractivity contribution in [3.05, 3.63) is 59.8 Å². The lowest BCUT2D eigenvalue weighted by Crippen LogP contribution is -2.45. The van der Waals surface area contributed by atoms with Gasteiger partial charge in [0.15, 0.2) is 0 Å². The van der Waals surface area contributed by atoms with Crippen molar-refractivity contribution < 1.29 is 14.3 Å². The van der Waals surface area contributed by atoms with Crippen LogP contribution in [0.4, 0.5) is 10.6 Å². The first-order valence-corrected chi connectivity index (χ1v) is 12.2. The minimum absolute atomic E-state index is 0.0276. The first kappa shape index (κ1) is 23.3. The Morgan fingerprint density at radius 2 is 1.67 bits per heavy atom. The standard InChI is InChI=1S/C27H35N3O3/c1-27(2,3)33-26(32)30(21-14-7-8-15-21)24-22(16-11-18-28-24)23-17-9-10-19-29(23)25(31)20-12-5-4-6-13-20/h4-6,11-13,16,18,21,23H,7-10,14-15,17,19H2,1-3H3. The van der Waals surface area contributed by atoms with Crippen LogP contribution in [0, 0.1) is 0 Å². The molecular formula is C27H35N3O3. The number of carbonyl (C=O) groups excluding carboxylic acids is 2. The van der Waals surface area contributed by atoms with Crippen LogP contribution < -0.4 is 4.90 Å². The van der Waals surface area contributed by atoms with E-state index in [-0.39, 0.29) is 24.1 Å². The van der Waals surface area contributed by atoms with Crippen molar-refractivity contribution in [1.29, 1.82) is 0 Å². The quantitative estimate of drug-likeness (QED) is 0.563. The van der Waals surface area contributed by atoms with Gasteiger partial charge in [-0.05, 0) is 71.1 Å². The van der Waals surface area contributed by atoms with Crippen LogP contribution in [0.25, 0.3) is 0 Å². The summed E-state index contributed by atoms with van der Waals surface area (Å²) in [6, 6.07) is 13.3. The van der Waals surface area contributed by atoms with Crippen LogP contribution in [0.5, 0.6) is 0 Å². The predicted molar refractivity (Wildman–Crippen MR) is 129 cm³/mol. The molecule has 4 rings (SSSR count). The van der Waals surface area contributed by atoms with Crippen LogP contribution in [0.1, 0.15) is 87.7 Å². The molecule has 1 unspecified atom stereocenters. The highest BCUT2D eigenvalue weighted by molar-refractivity contribution is 5.95. The van der Waals surface area contributed by atoms with Gasteiger partial charge in [0.2, 0.25) is 0 Å². The van der Waals surface area contributed by atoms with Gasteiger partial charge in [-0.2, -0.15) is 0 Å². The molecule has 1 saturated heterocycles. The summed E-state index contributed by atoms with van der Waals surface area (Å²) in [7, 11) is 0. The van der Waals surface area contributed by atoms with E-state index in [1.165, 1.54) is 0 Å². The molecule has 176 valence electrons. The molecule has 2 fully saturated rings. The largest absolute Gasteiger partial charge is 0.443 e. The summed E-state index contributed by atoms with van der Waals surface area (Å²) in [4.78, 5) is 35.3. The lowest BCUT2D eigenvalue weighted by atomic mass is 9.94. The summed E-state index contributed by atoms with van der Waals surface area (Å²) >= 11 is 0. The molecule has 2 heterocycles. The van der Waals surface area contributed by atoms with E-state index in [1.54, 1.807) is 11.1 Å². The van der Waals surface area contributed by atoms with E-state index >= 15 is 0 Å². The average molecular weight is 450 g/mol. The third-order valence-corrected chi connectivity index (χ3v) is 6.47. The molecule has 1 saturated carbocycles. The maximum Gasteiger partial charge on any atom is 0.416 e. The third-order valence-electron chi connectivity index (χ3n) is 6.47. The normalized spacial score (nSPS) is 19.4. The van der Waals surface area contributed by atoms with Gasteiger partial charge in [-0.1, -0.05) is 37.1 Å². The van der Waals surface area contributed by atoms with E-state index in [4.69, 9.17) is 9.72 Å². The average Bonchev–Trinajstić information content (AvgIpc) is 3.33. The number of benzene rings is 1. The van der Waals surface area contributed by atoms with Crippen LogP contribution in [0.15, 0.2) is 48.7 Å². The van der Waals surface area contributed by atoms with Crippen LogP contribution in [-0.2, 0) is 4.74 Å². The predicted octanol–water partition coefficient (Wildman–Crippen LogP) is 6.13. The minimum Gasteiger partial charge on any atom is -0.443 e. The van der Waals surface area contributed by atoms with Gasteiger partial charge in [-0.25, -0.2) is 9.78 Å². The Balaban J connectivity index is 1.72. The maximum atomic E-state index is 13.4. The van der Waals surface area contributed by atoms with E-state index in [2.05, 4.69) is 0 Å². The molecule has 2 aliphatic rings. The lowest BCUT2D eigenvalue weighted by Gasteiger charge is -2.39. The number of carbonyl (C=O) groups is 2. The van der Waals surface area contributed by atoms with Crippen molar-refractivity contribution in [2.24, 2.45) is 0 Å². The van der Waals surface area contributed by atoms with E-state index in [1.807, 2.05) is 68.1 Å². The van der Waals surface area contributed by atoms with Crippen molar-refractivity contribution in [3.63, 3.8) is 0 Å².